The number of carbonyl (C=O) groups is 2. The van der Waals surface area contributed by atoms with E-state index in [9.17, 15) is 9.59 Å². The van der Waals surface area contributed by atoms with E-state index in [1.54, 1.807) is 53.4 Å². The van der Waals surface area contributed by atoms with Crippen LogP contribution in [0.2, 0.25) is 5.02 Å². The zero-order chi connectivity index (χ0) is 24.4. The van der Waals surface area contributed by atoms with E-state index < -0.39 is 0 Å². The summed E-state index contributed by atoms with van der Waals surface area (Å²) >= 11 is 5.95. The van der Waals surface area contributed by atoms with E-state index in [-0.39, 0.29) is 11.7 Å². The molecule has 0 spiro atoms. The molecule has 1 saturated heterocycles. The third-order valence-corrected chi connectivity index (χ3v) is 6.46. The molecule has 35 heavy (non-hydrogen) atoms. The molecule has 1 aromatic heterocycles. The van der Waals surface area contributed by atoms with Gasteiger partial charge in [-0.25, -0.2) is 9.97 Å². The topological polar surface area (TPSA) is 92.4 Å². The van der Waals surface area contributed by atoms with Crippen molar-refractivity contribution < 1.29 is 9.59 Å². The highest BCUT2D eigenvalue weighted by atomic mass is 35.5. The Kier molecular flexibility index (Phi) is 6.44. The highest BCUT2D eigenvalue weighted by Gasteiger charge is 2.26. The van der Waals surface area contributed by atoms with Crippen molar-refractivity contribution in [1.29, 1.82) is 0 Å². The van der Waals surface area contributed by atoms with Crippen LogP contribution in [0.3, 0.4) is 0 Å². The van der Waals surface area contributed by atoms with Crippen LogP contribution in [0.15, 0.2) is 72.8 Å². The van der Waals surface area contributed by atoms with Crippen LogP contribution in [0.1, 0.15) is 32.1 Å². The molecule has 0 unspecified atom stereocenters. The summed E-state index contributed by atoms with van der Waals surface area (Å²) in [5.74, 6) is 0.797. The van der Waals surface area contributed by atoms with Crippen LogP contribution < -0.4 is 5.73 Å². The molecule has 1 aliphatic heterocycles. The number of carbonyl (C=O) groups excluding carboxylic acids is 2. The minimum atomic E-state index is -0.199. The van der Waals surface area contributed by atoms with Crippen molar-refractivity contribution in [2.45, 2.75) is 6.54 Å². The Hall–Kier alpha value is -3.81. The molecule has 0 atom stereocenters. The first-order valence-electron chi connectivity index (χ1n) is 11.4. The fourth-order valence-corrected chi connectivity index (χ4v) is 4.45. The standard InChI is InChI=1S/C27H24ClN5O2/c28-19-11-9-18(10-12-19)25(34)20-5-1-2-6-21(20)27(35)33-15-13-32(14-16-33)17-24-30-23-8-4-3-7-22(23)26(29)31-24/h1-12H,13-17H2,(H2,29,30,31). The summed E-state index contributed by atoms with van der Waals surface area (Å²) in [6, 6.07) is 21.3. The molecule has 0 aliphatic carbocycles. The van der Waals surface area contributed by atoms with Crippen molar-refractivity contribution in [1.82, 2.24) is 19.8 Å². The lowest BCUT2D eigenvalue weighted by Crippen LogP contribution is -2.48. The Morgan fingerprint density at radius 1 is 0.829 bits per heavy atom. The predicted octanol–water partition coefficient (Wildman–Crippen LogP) is 4.05. The summed E-state index contributed by atoms with van der Waals surface area (Å²) in [5.41, 5.74) is 8.24. The second-order valence-corrected chi connectivity index (χ2v) is 8.93. The number of nitrogen functional groups attached to an aromatic ring is 1. The van der Waals surface area contributed by atoms with Gasteiger partial charge in [-0.05, 0) is 42.5 Å². The predicted molar refractivity (Wildman–Crippen MR) is 136 cm³/mol. The van der Waals surface area contributed by atoms with Gasteiger partial charge in [0.05, 0.1) is 17.6 Å². The molecule has 1 aliphatic rings. The number of rotatable bonds is 5. The molecule has 1 fully saturated rings. The van der Waals surface area contributed by atoms with E-state index in [4.69, 9.17) is 17.3 Å². The zero-order valence-electron chi connectivity index (χ0n) is 19.0. The molecule has 5 rings (SSSR count). The zero-order valence-corrected chi connectivity index (χ0v) is 19.8. The van der Waals surface area contributed by atoms with Crippen molar-refractivity contribution >= 4 is 40.0 Å². The molecule has 0 radical (unpaired) electrons. The van der Waals surface area contributed by atoms with Gasteiger partial charge in [-0.3, -0.25) is 14.5 Å². The number of anilines is 1. The largest absolute Gasteiger partial charge is 0.383 e. The molecule has 4 aromatic rings. The van der Waals surface area contributed by atoms with Gasteiger partial charge < -0.3 is 10.6 Å². The third kappa shape index (κ3) is 4.87. The number of benzene rings is 3. The quantitative estimate of drug-likeness (QED) is 0.429. The van der Waals surface area contributed by atoms with Gasteiger partial charge in [-0.15, -0.1) is 0 Å². The van der Waals surface area contributed by atoms with Gasteiger partial charge in [-0.1, -0.05) is 41.9 Å². The van der Waals surface area contributed by atoms with Crippen LogP contribution in [0.25, 0.3) is 10.9 Å². The summed E-state index contributed by atoms with van der Waals surface area (Å²) in [7, 11) is 0. The highest BCUT2D eigenvalue weighted by Crippen LogP contribution is 2.21. The SMILES string of the molecule is Nc1nc(CN2CCN(C(=O)c3ccccc3C(=O)c3ccc(Cl)cc3)CC2)nc2ccccc12. The van der Waals surface area contributed by atoms with Gasteiger partial charge in [0.15, 0.2) is 5.78 Å². The second kappa shape index (κ2) is 9.82. The molecule has 8 heteroatoms. The number of piperazine rings is 1. The number of aromatic nitrogens is 2. The minimum Gasteiger partial charge on any atom is -0.383 e. The normalized spacial score (nSPS) is 14.3. The van der Waals surface area contributed by atoms with Gasteiger partial charge in [0.1, 0.15) is 11.6 Å². The molecule has 2 heterocycles. The summed E-state index contributed by atoms with van der Waals surface area (Å²) in [5, 5.41) is 1.40. The average molecular weight is 486 g/mol. The van der Waals surface area contributed by atoms with Crippen LogP contribution in [0.5, 0.6) is 0 Å². The first-order valence-corrected chi connectivity index (χ1v) is 11.8. The Morgan fingerprint density at radius 3 is 2.23 bits per heavy atom. The van der Waals surface area contributed by atoms with E-state index in [0.29, 0.717) is 66.1 Å². The molecule has 176 valence electrons. The van der Waals surface area contributed by atoms with E-state index >= 15 is 0 Å². The van der Waals surface area contributed by atoms with E-state index in [1.165, 1.54) is 0 Å². The Labute approximate surface area is 208 Å². The molecule has 1 amide bonds. The molecular weight excluding hydrogens is 462 g/mol. The van der Waals surface area contributed by atoms with Crippen LogP contribution in [-0.4, -0.2) is 57.6 Å². The Bertz CT molecular complexity index is 1400. The molecule has 2 N–H and O–H groups in total. The number of nitrogens with zero attached hydrogens (tertiary/aromatic N) is 4. The number of nitrogens with two attached hydrogens (primary N) is 1. The second-order valence-electron chi connectivity index (χ2n) is 8.49. The monoisotopic (exact) mass is 485 g/mol. The number of halogens is 1. The highest BCUT2D eigenvalue weighted by molar-refractivity contribution is 6.30. The molecular formula is C27H24ClN5O2. The number of hydrogen-bond donors (Lipinski definition) is 1. The molecule has 7 nitrogen and oxygen atoms in total. The molecule has 0 bridgehead atoms. The number of ketones is 1. The van der Waals surface area contributed by atoms with Gasteiger partial charge in [0.2, 0.25) is 0 Å². The van der Waals surface area contributed by atoms with Crippen molar-refractivity contribution in [3.63, 3.8) is 0 Å². The van der Waals surface area contributed by atoms with Crippen molar-refractivity contribution in [3.05, 3.63) is 100 Å². The number of fused-ring (bicyclic) bond motifs is 1. The summed E-state index contributed by atoms with van der Waals surface area (Å²) < 4.78 is 0. The Balaban J connectivity index is 1.27. The third-order valence-electron chi connectivity index (χ3n) is 6.21. The van der Waals surface area contributed by atoms with E-state index in [2.05, 4.69) is 14.9 Å². The van der Waals surface area contributed by atoms with Crippen molar-refractivity contribution in [2.24, 2.45) is 0 Å². The average Bonchev–Trinajstić information content (AvgIpc) is 2.89. The lowest BCUT2D eigenvalue weighted by Gasteiger charge is -2.34. The van der Waals surface area contributed by atoms with Gasteiger partial charge in [-0.2, -0.15) is 0 Å². The van der Waals surface area contributed by atoms with Crippen molar-refractivity contribution in [3.8, 4) is 0 Å². The minimum absolute atomic E-state index is 0.145. The van der Waals surface area contributed by atoms with E-state index in [0.717, 1.165) is 10.9 Å². The maximum atomic E-state index is 13.4. The fourth-order valence-electron chi connectivity index (χ4n) is 4.33. The van der Waals surface area contributed by atoms with Gasteiger partial charge in [0, 0.05) is 47.7 Å². The molecule has 0 saturated carbocycles. The number of para-hydroxylation sites is 1. The van der Waals surface area contributed by atoms with Crippen LogP contribution in [0.4, 0.5) is 5.82 Å². The molecule has 3 aromatic carbocycles. The first kappa shape index (κ1) is 23.0. The van der Waals surface area contributed by atoms with Gasteiger partial charge in [0.25, 0.3) is 5.91 Å². The smallest absolute Gasteiger partial charge is 0.254 e. The van der Waals surface area contributed by atoms with Crippen LogP contribution >= 0.6 is 11.6 Å². The number of amides is 1. The maximum absolute atomic E-state index is 13.4. The van der Waals surface area contributed by atoms with E-state index in [1.807, 2.05) is 24.3 Å². The fraction of sp³-hybridized carbons (Fsp3) is 0.185. The first-order chi connectivity index (χ1) is 17.0. The van der Waals surface area contributed by atoms with Crippen LogP contribution in [-0.2, 0) is 6.54 Å². The lowest BCUT2D eigenvalue weighted by molar-refractivity contribution is 0.0623. The lowest BCUT2D eigenvalue weighted by atomic mass is 9.97. The maximum Gasteiger partial charge on any atom is 0.254 e. The van der Waals surface area contributed by atoms with Crippen LogP contribution in [0, 0.1) is 0 Å². The summed E-state index contributed by atoms with van der Waals surface area (Å²) in [6.45, 7) is 3.00. The summed E-state index contributed by atoms with van der Waals surface area (Å²) in [4.78, 5) is 39.6. The van der Waals surface area contributed by atoms with Crippen molar-refractivity contribution in [2.75, 3.05) is 31.9 Å². The van der Waals surface area contributed by atoms with Gasteiger partial charge >= 0.3 is 0 Å². The Morgan fingerprint density at radius 2 is 1.49 bits per heavy atom. The number of hydrogen-bond acceptors (Lipinski definition) is 6. The summed E-state index contributed by atoms with van der Waals surface area (Å²) in [6.07, 6.45) is 0.